The Morgan fingerprint density at radius 2 is 1.88 bits per heavy atom. The van der Waals surface area contributed by atoms with E-state index in [0.717, 1.165) is 18.6 Å². The average Bonchev–Trinajstić information content (AvgIpc) is 2.32. The fourth-order valence-corrected chi connectivity index (χ4v) is 3.13. The fourth-order valence-electron chi connectivity index (χ4n) is 3.13. The van der Waals surface area contributed by atoms with Crippen LogP contribution in [0.15, 0.2) is 0 Å². The largest absolute Gasteiger partial charge is 0.311 e. The van der Waals surface area contributed by atoms with Gasteiger partial charge in [0.05, 0.1) is 0 Å². The second-order valence-electron chi connectivity index (χ2n) is 5.52. The van der Waals surface area contributed by atoms with Gasteiger partial charge in [-0.15, -0.1) is 0 Å². The van der Waals surface area contributed by atoms with Gasteiger partial charge in [0.2, 0.25) is 0 Å². The molecular formula is C13H27N3. The maximum atomic E-state index is 3.57. The SMILES string of the molecule is CCN1CCC(N2CC(C)NCC2C)CC1. The molecule has 0 aromatic carbocycles. The summed E-state index contributed by atoms with van der Waals surface area (Å²) in [5.41, 5.74) is 0. The van der Waals surface area contributed by atoms with E-state index in [1.807, 2.05) is 0 Å². The van der Waals surface area contributed by atoms with Gasteiger partial charge in [0.15, 0.2) is 0 Å². The first-order valence-electron chi connectivity index (χ1n) is 6.92. The minimum atomic E-state index is 0.667. The highest BCUT2D eigenvalue weighted by atomic mass is 15.3. The number of likely N-dealkylation sites (tertiary alicyclic amines) is 1. The number of hydrogen-bond acceptors (Lipinski definition) is 3. The quantitative estimate of drug-likeness (QED) is 0.760. The molecule has 2 aliphatic rings. The lowest BCUT2D eigenvalue weighted by atomic mass is 9.99. The molecule has 1 N–H and O–H groups in total. The van der Waals surface area contributed by atoms with Gasteiger partial charge in [-0.1, -0.05) is 6.92 Å². The van der Waals surface area contributed by atoms with Crippen LogP contribution in [0.2, 0.25) is 0 Å². The lowest BCUT2D eigenvalue weighted by molar-refractivity contribution is 0.0530. The summed E-state index contributed by atoms with van der Waals surface area (Å²) >= 11 is 0. The zero-order valence-corrected chi connectivity index (χ0v) is 11.1. The Hall–Kier alpha value is -0.120. The van der Waals surface area contributed by atoms with E-state index in [1.165, 1.54) is 39.0 Å². The van der Waals surface area contributed by atoms with Gasteiger partial charge < -0.3 is 10.2 Å². The first kappa shape index (κ1) is 12.3. The van der Waals surface area contributed by atoms with Crippen LogP contribution < -0.4 is 5.32 Å². The van der Waals surface area contributed by atoms with Gasteiger partial charge in [-0.05, 0) is 46.3 Å². The monoisotopic (exact) mass is 225 g/mol. The van der Waals surface area contributed by atoms with Crippen LogP contribution in [-0.2, 0) is 0 Å². The maximum absolute atomic E-state index is 3.57. The van der Waals surface area contributed by atoms with Gasteiger partial charge in [0.1, 0.15) is 0 Å². The van der Waals surface area contributed by atoms with E-state index in [4.69, 9.17) is 0 Å². The van der Waals surface area contributed by atoms with E-state index in [0.29, 0.717) is 6.04 Å². The van der Waals surface area contributed by atoms with E-state index < -0.39 is 0 Å². The molecule has 2 atom stereocenters. The molecular weight excluding hydrogens is 198 g/mol. The molecule has 2 saturated heterocycles. The Balaban J connectivity index is 1.87. The predicted octanol–water partition coefficient (Wildman–Crippen LogP) is 1.15. The highest BCUT2D eigenvalue weighted by Crippen LogP contribution is 2.20. The molecule has 2 heterocycles. The molecule has 0 saturated carbocycles. The molecule has 2 aliphatic heterocycles. The van der Waals surface area contributed by atoms with E-state index in [9.17, 15) is 0 Å². The Labute approximate surface area is 100 Å². The Morgan fingerprint density at radius 1 is 1.19 bits per heavy atom. The molecule has 0 radical (unpaired) electrons. The first-order chi connectivity index (χ1) is 7.70. The second kappa shape index (κ2) is 5.48. The van der Waals surface area contributed by atoms with Crippen LogP contribution in [0.4, 0.5) is 0 Å². The van der Waals surface area contributed by atoms with Crippen molar-refractivity contribution in [2.45, 2.75) is 51.7 Å². The smallest absolute Gasteiger partial charge is 0.0196 e. The fraction of sp³-hybridized carbons (Fsp3) is 1.00. The topological polar surface area (TPSA) is 18.5 Å². The summed E-state index contributed by atoms with van der Waals surface area (Å²) < 4.78 is 0. The summed E-state index contributed by atoms with van der Waals surface area (Å²) in [6.07, 6.45) is 2.73. The van der Waals surface area contributed by atoms with Crippen molar-refractivity contribution in [1.82, 2.24) is 15.1 Å². The zero-order chi connectivity index (χ0) is 11.5. The number of nitrogens with one attached hydrogen (secondary N) is 1. The van der Waals surface area contributed by atoms with Gasteiger partial charge in [-0.3, -0.25) is 4.90 Å². The van der Waals surface area contributed by atoms with E-state index >= 15 is 0 Å². The minimum Gasteiger partial charge on any atom is -0.311 e. The summed E-state index contributed by atoms with van der Waals surface area (Å²) in [6, 6.07) is 2.22. The summed E-state index contributed by atoms with van der Waals surface area (Å²) in [7, 11) is 0. The maximum Gasteiger partial charge on any atom is 0.0196 e. The molecule has 3 heteroatoms. The molecule has 0 aromatic heterocycles. The van der Waals surface area contributed by atoms with Gasteiger partial charge >= 0.3 is 0 Å². The number of piperidine rings is 1. The molecule has 0 aliphatic carbocycles. The number of nitrogens with zero attached hydrogens (tertiary/aromatic N) is 2. The molecule has 0 amide bonds. The molecule has 94 valence electrons. The number of rotatable bonds is 2. The van der Waals surface area contributed by atoms with Gasteiger partial charge in [-0.25, -0.2) is 0 Å². The second-order valence-corrected chi connectivity index (χ2v) is 5.52. The molecule has 3 nitrogen and oxygen atoms in total. The van der Waals surface area contributed by atoms with Crippen LogP contribution in [0.3, 0.4) is 0 Å². The van der Waals surface area contributed by atoms with Crippen LogP contribution in [0.25, 0.3) is 0 Å². The van der Waals surface area contributed by atoms with Crippen LogP contribution in [0.1, 0.15) is 33.6 Å². The molecule has 0 aromatic rings. The third kappa shape index (κ3) is 2.76. The summed E-state index contributed by atoms with van der Waals surface area (Å²) in [5, 5.41) is 3.57. The third-order valence-electron chi connectivity index (χ3n) is 4.29. The Bertz CT molecular complexity index is 211. The molecule has 2 unspecified atom stereocenters. The van der Waals surface area contributed by atoms with Crippen molar-refractivity contribution >= 4 is 0 Å². The van der Waals surface area contributed by atoms with Crippen molar-refractivity contribution in [2.75, 3.05) is 32.7 Å². The van der Waals surface area contributed by atoms with Crippen LogP contribution >= 0.6 is 0 Å². The van der Waals surface area contributed by atoms with Crippen LogP contribution in [0.5, 0.6) is 0 Å². The average molecular weight is 225 g/mol. The lowest BCUT2D eigenvalue weighted by Gasteiger charge is -2.45. The summed E-state index contributed by atoms with van der Waals surface area (Å²) in [4.78, 5) is 5.32. The Kier molecular flexibility index (Phi) is 4.22. The standard InChI is InChI=1S/C13H27N3/c1-4-15-7-5-13(6-8-15)16-10-11(2)14-9-12(16)3/h11-14H,4-10H2,1-3H3. The van der Waals surface area contributed by atoms with Gasteiger partial charge in [-0.2, -0.15) is 0 Å². The van der Waals surface area contributed by atoms with Crippen molar-refractivity contribution in [3.05, 3.63) is 0 Å². The normalized spacial score (nSPS) is 35.4. The lowest BCUT2D eigenvalue weighted by Crippen LogP contribution is -2.59. The number of hydrogen-bond donors (Lipinski definition) is 1. The van der Waals surface area contributed by atoms with Gasteiger partial charge in [0, 0.05) is 31.2 Å². The Morgan fingerprint density at radius 3 is 2.50 bits per heavy atom. The predicted molar refractivity (Wildman–Crippen MR) is 68.8 cm³/mol. The van der Waals surface area contributed by atoms with Crippen molar-refractivity contribution in [3.63, 3.8) is 0 Å². The van der Waals surface area contributed by atoms with Crippen LogP contribution in [0, 0.1) is 0 Å². The highest BCUT2D eigenvalue weighted by molar-refractivity contribution is 4.88. The highest BCUT2D eigenvalue weighted by Gasteiger charge is 2.30. The van der Waals surface area contributed by atoms with Crippen molar-refractivity contribution < 1.29 is 0 Å². The van der Waals surface area contributed by atoms with Crippen molar-refractivity contribution in [3.8, 4) is 0 Å². The molecule has 0 spiro atoms. The summed E-state index contributed by atoms with van der Waals surface area (Å²) in [6.45, 7) is 13.2. The van der Waals surface area contributed by atoms with Crippen LogP contribution in [-0.4, -0.2) is 60.6 Å². The molecule has 0 bridgehead atoms. The molecule has 2 fully saturated rings. The van der Waals surface area contributed by atoms with Gasteiger partial charge in [0.25, 0.3) is 0 Å². The molecule has 16 heavy (non-hydrogen) atoms. The summed E-state index contributed by atoms with van der Waals surface area (Å²) in [5.74, 6) is 0. The van der Waals surface area contributed by atoms with E-state index in [2.05, 4.69) is 35.9 Å². The minimum absolute atomic E-state index is 0.667. The molecule has 2 rings (SSSR count). The van der Waals surface area contributed by atoms with E-state index in [-0.39, 0.29) is 0 Å². The third-order valence-corrected chi connectivity index (χ3v) is 4.29. The van der Waals surface area contributed by atoms with Crippen molar-refractivity contribution in [1.29, 1.82) is 0 Å². The first-order valence-corrected chi connectivity index (χ1v) is 6.92. The number of piperazine rings is 1. The zero-order valence-electron chi connectivity index (χ0n) is 11.1. The van der Waals surface area contributed by atoms with Crippen molar-refractivity contribution in [2.24, 2.45) is 0 Å². The van der Waals surface area contributed by atoms with E-state index in [1.54, 1.807) is 0 Å².